The molecule has 2 heterocycles. The summed E-state index contributed by atoms with van der Waals surface area (Å²) in [4.78, 5) is 18.4. The number of furan rings is 1. The van der Waals surface area contributed by atoms with E-state index in [-0.39, 0.29) is 10.9 Å². The summed E-state index contributed by atoms with van der Waals surface area (Å²) in [6.07, 6.45) is 7.95. The van der Waals surface area contributed by atoms with Gasteiger partial charge in [0.2, 0.25) is 15.2 Å². The minimum absolute atomic E-state index is 0.00848. The highest BCUT2D eigenvalue weighted by Crippen LogP contribution is 2.31. The molecule has 4 aromatic rings. The molecular weight excluding hydrogens is 508 g/mol. The van der Waals surface area contributed by atoms with E-state index in [4.69, 9.17) is 4.42 Å². The van der Waals surface area contributed by atoms with Crippen LogP contribution in [0.15, 0.2) is 75.3 Å². The maximum Gasteiger partial charge on any atom is 0.280 e. The third kappa shape index (κ3) is 5.36. The number of thiazole rings is 1. The van der Waals surface area contributed by atoms with Gasteiger partial charge in [0.1, 0.15) is 5.76 Å². The van der Waals surface area contributed by atoms with E-state index in [9.17, 15) is 13.2 Å². The third-order valence-electron chi connectivity index (χ3n) is 6.62. The average Bonchev–Trinajstić information content (AvgIpc) is 3.58. The second kappa shape index (κ2) is 10.6. The zero-order valence-electron chi connectivity index (χ0n) is 20.7. The number of carbonyl (C=O) groups excluding carboxylic acids is 1. The smallest absolute Gasteiger partial charge is 0.280 e. The molecule has 0 saturated heterocycles. The predicted molar refractivity (Wildman–Crippen MR) is 146 cm³/mol. The summed E-state index contributed by atoms with van der Waals surface area (Å²) >= 11 is 1.35. The molecular formula is C27H28N4O4S2. The van der Waals surface area contributed by atoms with Gasteiger partial charge in [0.25, 0.3) is 5.91 Å². The maximum atomic E-state index is 13.6. The first-order valence-corrected chi connectivity index (χ1v) is 14.5. The van der Waals surface area contributed by atoms with Gasteiger partial charge in [-0.05, 0) is 73.9 Å². The van der Waals surface area contributed by atoms with Crippen LogP contribution in [0.3, 0.4) is 0 Å². The quantitative estimate of drug-likeness (QED) is 0.219. The minimum atomic E-state index is -3.66. The van der Waals surface area contributed by atoms with Gasteiger partial charge in [-0.25, -0.2) is 13.4 Å². The molecule has 10 heteroatoms. The zero-order valence-corrected chi connectivity index (χ0v) is 22.3. The molecule has 1 fully saturated rings. The van der Waals surface area contributed by atoms with Crippen LogP contribution >= 0.6 is 11.3 Å². The number of anilines is 1. The van der Waals surface area contributed by atoms with Crippen LogP contribution in [0.1, 0.15) is 53.8 Å². The number of hydrazone groups is 1. The Morgan fingerprint density at radius 2 is 1.86 bits per heavy atom. The molecule has 1 aliphatic rings. The zero-order chi connectivity index (χ0) is 26.0. The van der Waals surface area contributed by atoms with Crippen molar-refractivity contribution in [3.8, 4) is 0 Å². The van der Waals surface area contributed by atoms with Crippen LogP contribution < -0.4 is 5.01 Å². The largest absolute Gasteiger partial charge is 0.463 e. The third-order valence-corrected chi connectivity index (χ3v) is 9.53. The van der Waals surface area contributed by atoms with Crippen LogP contribution in [-0.2, 0) is 10.0 Å². The number of amides is 1. The Bertz CT molecular complexity index is 1520. The number of sulfonamides is 1. The average molecular weight is 537 g/mol. The highest BCUT2D eigenvalue weighted by molar-refractivity contribution is 7.89. The number of nitrogens with zero attached hydrogens (tertiary/aromatic N) is 4. The molecule has 0 bridgehead atoms. The molecule has 0 radical (unpaired) electrons. The van der Waals surface area contributed by atoms with Crippen molar-refractivity contribution in [3.63, 3.8) is 0 Å². The molecule has 0 unspecified atom stereocenters. The molecule has 2 aromatic carbocycles. The van der Waals surface area contributed by atoms with Crippen LogP contribution in [0.5, 0.6) is 0 Å². The SMILES string of the molecule is Cc1ccc2nc(N(/N=C/c3ccco3)C(=O)c3ccc(S(=O)(=O)N(C)C4CCCCC4)cc3)sc2c1. The molecule has 2 aromatic heterocycles. The molecule has 37 heavy (non-hydrogen) atoms. The monoisotopic (exact) mass is 536 g/mol. The number of rotatable bonds is 7. The molecule has 0 spiro atoms. The number of aromatic nitrogens is 1. The number of hydrogen-bond donors (Lipinski definition) is 0. The van der Waals surface area contributed by atoms with E-state index in [1.807, 2.05) is 25.1 Å². The van der Waals surface area contributed by atoms with Gasteiger partial charge in [-0.2, -0.15) is 14.4 Å². The molecule has 192 valence electrons. The van der Waals surface area contributed by atoms with Crippen molar-refractivity contribution in [1.29, 1.82) is 0 Å². The number of benzene rings is 2. The van der Waals surface area contributed by atoms with E-state index in [1.54, 1.807) is 19.2 Å². The minimum Gasteiger partial charge on any atom is -0.463 e. The Morgan fingerprint density at radius 3 is 2.57 bits per heavy atom. The fourth-order valence-electron chi connectivity index (χ4n) is 4.48. The molecule has 0 atom stereocenters. The lowest BCUT2D eigenvalue weighted by atomic mass is 9.96. The van der Waals surface area contributed by atoms with Gasteiger partial charge in [-0.15, -0.1) is 0 Å². The van der Waals surface area contributed by atoms with Crippen molar-refractivity contribution in [1.82, 2.24) is 9.29 Å². The Hall–Kier alpha value is -3.34. The first-order chi connectivity index (χ1) is 17.8. The summed E-state index contributed by atoms with van der Waals surface area (Å²) in [6.45, 7) is 2.00. The topological polar surface area (TPSA) is 96.1 Å². The first kappa shape index (κ1) is 25.3. The molecule has 0 N–H and O–H groups in total. The lowest BCUT2D eigenvalue weighted by Gasteiger charge is -2.30. The van der Waals surface area contributed by atoms with Crippen molar-refractivity contribution in [3.05, 3.63) is 77.7 Å². The van der Waals surface area contributed by atoms with E-state index < -0.39 is 15.9 Å². The lowest BCUT2D eigenvalue weighted by Crippen LogP contribution is -2.38. The fraction of sp³-hybridized carbons (Fsp3) is 0.296. The second-order valence-corrected chi connectivity index (χ2v) is 12.2. The van der Waals surface area contributed by atoms with Crippen LogP contribution in [0.25, 0.3) is 10.2 Å². The summed E-state index contributed by atoms with van der Waals surface area (Å²) in [5.74, 6) is 0.0603. The van der Waals surface area contributed by atoms with Gasteiger partial charge in [-0.3, -0.25) is 4.79 Å². The van der Waals surface area contributed by atoms with Crippen LogP contribution in [0.2, 0.25) is 0 Å². The van der Waals surface area contributed by atoms with E-state index in [0.717, 1.165) is 47.9 Å². The molecule has 8 nitrogen and oxygen atoms in total. The molecule has 1 aliphatic carbocycles. The van der Waals surface area contributed by atoms with Crippen molar-refractivity contribution in [2.75, 3.05) is 12.1 Å². The van der Waals surface area contributed by atoms with Crippen LogP contribution in [0, 0.1) is 6.92 Å². The van der Waals surface area contributed by atoms with Gasteiger partial charge in [0, 0.05) is 18.7 Å². The van der Waals surface area contributed by atoms with Crippen molar-refractivity contribution in [2.24, 2.45) is 5.10 Å². The predicted octanol–water partition coefficient (Wildman–Crippen LogP) is 5.83. The standard InChI is InChI=1S/C27H28N4O4S2/c1-19-10-15-24-25(17-19)36-27(29-24)31(28-18-22-9-6-16-35-22)26(32)20-11-13-23(14-12-20)37(33,34)30(2)21-7-4-3-5-8-21/h6,9-18,21H,3-5,7-8H2,1-2H3/b28-18+. The highest BCUT2D eigenvalue weighted by Gasteiger charge is 2.29. The summed E-state index contributed by atoms with van der Waals surface area (Å²) in [5, 5.41) is 6.00. The van der Waals surface area contributed by atoms with E-state index in [0.29, 0.717) is 16.5 Å². The molecule has 0 aliphatic heterocycles. The summed E-state index contributed by atoms with van der Waals surface area (Å²) in [7, 11) is -2.02. The van der Waals surface area contributed by atoms with E-state index in [1.165, 1.54) is 57.4 Å². The van der Waals surface area contributed by atoms with Gasteiger partial charge in [0.15, 0.2) is 0 Å². The lowest BCUT2D eigenvalue weighted by molar-refractivity contribution is 0.0987. The van der Waals surface area contributed by atoms with Gasteiger partial charge < -0.3 is 4.42 Å². The van der Waals surface area contributed by atoms with Crippen molar-refractivity contribution >= 4 is 48.8 Å². The Balaban J connectivity index is 1.44. The number of fused-ring (bicyclic) bond motifs is 1. The molecule has 1 saturated carbocycles. The fourth-order valence-corrected chi connectivity index (χ4v) is 6.91. The second-order valence-electron chi connectivity index (χ2n) is 9.18. The molecule has 1 amide bonds. The van der Waals surface area contributed by atoms with Gasteiger partial charge in [0.05, 0.1) is 27.6 Å². The normalized spacial score (nSPS) is 15.1. The van der Waals surface area contributed by atoms with E-state index in [2.05, 4.69) is 10.1 Å². The number of carbonyl (C=O) groups is 1. The Kier molecular flexibility index (Phi) is 7.23. The van der Waals surface area contributed by atoms with Crippen LogP contribution in [0.4, 0.5) is 5.13 Å². The van der Waals surface area contributed by atoms with E-state index >= 15 is 0 Å². The summed E-state index contributed by atoms with van der Waals surface area (Å²) < 4.78 is 34.2. The molecule has 5 rings (SSSR count). The van der Waals surface area contributed by atoms with Crippen LogP contribution in [-0.4, -0.2) is 42.9 Å². The summed E-state index contributed by atoms with van der Waals surface area (Å²) in [5.41, 5.74) is 2.16. The van der Waals surface area contributed by atoms with Gasteiger partial charge in [-0.1, -0.05) is 36.7 Å². The van der Waals surface area contributed by atoms with Crippen molar-refractivity contribution < 1.29 is 17.6 Å². The maximum absolute atomic E-state index is 13.6. The Labute approximate surface area is 220 Å². The summed E-state index contributed by atoms with van der Waals surface area (Å²) in [6, 6.07) is 15.4. The number of hydrogen-bond acceptors (Lipinski definition) is 7. The van der Waals surface area contributed by atoms with Crippen molar-refractivity contribution in [2.45, 2.75) is 50.0 Å². The Morgan fingerprint density at radius 1 is 1.11 bits per heavy atom. The van der Waals surface area contributed by atoms with Gasteiger partial charge >= 0.3 is 0 Å². The number of aryl methyl sites for hydroxylation is 1. The first-order valence-electron chi connectivity index (χ1n) is 12.2. The highest BCUT2D eigenvalue weighted by atomic mass is 32.2.